The van der Waals surface area contributed by atoms with Crippen LogP contribution in [0.25, 0.3) is 168 Å². The average molecular weight is 2250 g/mol. The molecule has 4 aromatic heterocycles. The minimum absolute atomic E-state index is 0. The maximum atomic E-state index is 12.9. The molecule has 18 rings (SSSR count). The van der Waals surface area contributed by atoms with E-state index in [-0.39, 0.29) is 121 Å². The molecule has 141 heavy (non-hydrogen) atoms. The Labute approximate surface area is 911 Å². The van der Waals surface area contributed by atoms with Gasteiger partial charge in [0.15, 0.2) is 0 Å². The summed E-state index contributed by atoms with van der Waals surface area (Å²) in [7, 11) is 0. The molecule has 0 unspecified atom stereocenters. The van der Waals surface area contributed by atoms with Crippen molar-refractivity contribution in [2.45, 2.75) is 230 Å². The fraction of sp³-hybridized carbons (Fsp3) is 0.267. The summed E-state index contributed by atoms with van der Waals surface area (Å²) >= 11 is 0. The predicted octanol–water partition coefficient (Wildman–Crippen LogP) is 35.8. The summed E-state index contributed by atoms with van der Waals surface area (Å²) in [6, 6.07) is 92.2. The molecule has 2 N–H and O–H groups in total. The molecule has 722 valence electrons. The zero-order chi connectivity index (χ0) is 126. The molecule has 0 radical (unpaired) electrons. The van der Waals surface area contributed by atoms with Crippen molar-refractivity contribution in [1.82, 2.24) is 29.1 Å². The Bertz CT molecular complexity index is 9000. The largest absolute Gasteiger partial charge is 0.507 e. The first-order chi connectivity index (χ1) is 78.9. The first-order valence-corrected chi connectivity index (χ1v) is 46.7. The molecule has 14 aromatic carbocycles. The molecule has 0 spiro atoms. The number of aromatic nitrogens is 6. The van der Waals surface area contributed by atoms with Crippen molar-refractivity contribution in [3.8, 4) is 157 Å². The van der Waals surface area contributed by atoms with Crippen molar-refractivity contribution >= 4 is 22.1 Å². The minimum Gasteiger partial charge on any atom is -0.507 e. The molecular formula is C131H134N6O2Pt2-2. The van der Waals surface area contributed by atoms with Crippen LogP contribution >= 0.6 is 0 Å². The number of imidazole rings is 2. The number of nitrogens with zero attached hydrogens (tertiary/aromatic N) is 6. The topological polar surface area (TPSA) is 102 Å². The fourth-order valence-electron chi connectivity index (χ4n) is 17.8. The molecule has 0 aliphatic carbocycles. The van der Waals surface area contributed by atoms with Gasteiger partial charge in [0.2, 0.25) is 0 Å². The summed E-state index contributed by atoms with van der Waals surface area (Å²) < 4.78 is 279. The van der Waals surface area contributed by atoms with E-state index >= 15 is 0 Å². The first kappa shape index (κ1) is 68.4. The summed E-state index contributed by atoms with van der Waals surface area (Å²) in [5, 5.41) is 25.7. The Hall–Kier alpha value is -12.7. The van der Waals surface area contributed by atoms with Gasteiger partial charge in [0.25, 0.3) is 0 Å². The summed E-state index contributed by atoms with van der Waals surface area (Å²) in [6.07, 6.45) is 3.23. The molecule has 10 heteroatoms. The third-order valence-electron chi connectivity index (χ3n) is 25.9. The van der Waals surface area contributed by atoms with Crippen LogP contribution in [0.5, 0.6) is 11.5 Å². The normalized spacial score (nSPS) is 16.5. The maximum Gasteiger partial charge on any atom is 0.148 e. The zero-order valence-corrected chi connectivity index (χ0v) is 86.3. The van der Waals surface area contributed by atoms with Gasteiger partial charge in [-0.3, -0.25) is 19.1 Å². The molecule has 18 aromatic rings. The van der Waals surface area contributed by atoms with Crippen LogP contribution in [0, 0.1) is 32.7 Å². The van der Waals surface area contributed by atoms with Gasteiger partial charge in [0.05, 0.1) is 44.6 Å². The van der Waals surface area contributed by atoms with Crippen molar-refractivity contribution in [2.24, 2.45) is 0 Å². The number of aryl methyl sites for hydroxylation is 3. The van der Waals surface area contributed by atoms with Crippen molar-refractivity contribution in [3.05, 3.63) is 382 Å². The summed E-state index contributed by atoms with van der Waals surface area (Å²) in [5.41, 5.74) is 7.18. The molecular weight excluding hydrogens is 2080 g/mol. The second-order valence-corrected chi connectivity index (χ2v) is 39.8. The second kappa shape index (κ2) is 40.7. The Kier molecular flexibility index (Phi) is 19.8. The van der Waals surface area contributed by atoms with Crippen LogP contribution in [0.1, 0.15) is 293 Å². The smallest absolute Gasteiger partial charge is 0.148 e. The van der Waals surface area contributed by atoms with Crippen LogP contribution in [0.15, 0.2) is 304 Å². The number of benzene rings is 14. The molecule has 0 aliphatic rings. The zero-order valence-electron chi connectivity index (χ0n) is 114. The summed E-state index contributed by atoms with van der Waals surface area (Å²) in [5.74, 6) is -3.18. The van der Waals surface area contributed by atoms with Crippen molar-refractivity contribution in [1.29, 1.82) is 0 Å². The molecule has 8 nitrogen and oxygen atoms in total. The van der Waals surface area contributed by atoms with Crippen LogP contribution in [0.3, 0.4) is 0 Å². The number of pyridine rings is 2. The third-order valence-corrected chi connectivity index (χ3v) is 25.9. The van der Waals surface area contributed by atoms with E-state index in [1.54, 1.807) is 152 Å². The van der Waals surface area contributed by atoms with E-state index in [2.05, 4.69) is 26.0 Å². The number of phenols is 2. The molecule has 0 saturated carbocycles. The standard InChI is InChI=1S/C67H70N3O.C64H64N3O.2Pt/c1-41(2)48-32-49(42(3)4)34-51(33-48)46-25-28-60(43(5)31-46)70-61-22-18-21-56(62(61)69-64(70)57-39-55(66(9,10)11)40-58(63(57)71)67(12,13)14)52-35-50(44-19-16-15-17-20-44)36-53(37-52)59-38-47(29-30-68-59)45-23-26-54(27-24-45)65(6,7)8;1-39(2)47-30-48(40(3)4)32-50(31-47)45-25-26-58(42(6)29-45)67-59-20-16-19-54(60(59)66-62(67)55-37-53(63(7,8)9)38-56(61(55)68)64(10,11)12)51-33-49(43-17-14-13-15-18-43)34-52(35-51)57-36-46(27-28-65-57)44-23-21-41(5)22-24-44;;/h15-36,38-42,71H,1-14H3;13-34,36-40,68H,1-12H3;;/q2*-1;;/i5D3,6D3,7D3,8D3,12D3,13D3,41D;5D3,6D3,10D3,11D3,39D;;. The molecule has 0 amide bonds. The van der Waals surface area contributed by atoms with Crippen molar-refractivity contribution in [3.63, 3.8) is 0 Å². The van der Waals surface area contributed by atoms with E-state index in [0.717, 1.165) is 69.5 Å². The predicted molar refractivity (Wildman–Crippen MR) is 588 cm³/mol. The number of phenolic OH excluding ortho intramolecular Hbond substituents is 2. The van der Waals surface area contributed by atoms with Gasteiger partial charge in [-0.2, -0.15) is 0 Å². The SMILES string of the molecule is [2H]C([2H])([2H])c1cc(-c2cc(C(C)C)cc(C([2H])(C)C)c2)ccc1-n1c(-c2cc(C(C)(C)C)cc(C(C)(C([2H])([2H])[2H])C([2H])([2H])[2H])c2O)nc2c(-c3[c-]c(-c4cc(-c5ccc(C(C([2H])([2H])[2H])(C([2H])([2H])[2H])C([2H])([2H])[2H])cc5)ccn4)cc(-c4ccccc4)c3)cccc21.[2H]C([2H])([2H])c1ccc(-c2ccnc(-c3[c-]c(-c4cccc5c4nc(-c4cc(C(C)(C)C)cc(C(C)(C([2H])([2H])[2H])C([2H])([2H])[2H])c4O)n5-c4ccc(-c5cc(C(C)C)cc(C([2H])(C)C)c5)cc4C([2H])([2H])[2H])cc(-c4ccccc4)c3)c2)cc1.[Pt].[Pt]. The Morgan fingerprint density at radius 2 is 0.667 bits per heavy atom. The monoisotopic (exact) mass is 2250 g/mol. The molecule has 0 aliphatic heterocycles. The molecule has 0 bridgehead atoms. The Morgan fingerprint density at radius 1 is 0.305 bits per heavy atom. The first-order valence-electron chi connectivity index (χ1n) is 62.7. The van der Waals surface area contributed by atoms with E-state index in [1.807, 2.05) is 207 Å². The van der Waals surface area contributed by atoms with Gasteiger partial charge in [0, 0.05) is 121 Å². The van der Waals surface area contributed by atoms with E-state index in [9.17, 15) is 18.4 Å². The van der Waals surface area contributed by atoms with Gasteiger partial charge in [0.1, 0.15) is 23.1 Å². The van der Waals surface area contributed by atoms with Crippen LogP contribution in [-0.4, -0.2) is 39.3 Å². The van der Waals surface area contributed by atoms with Crippen LogP contribution in [-0.2, 0) is 69.2 Å². The number of aromatic hydroxyl groups is 2. The van der Waals surface area contributed by atoms with Gasteiger partial charge >= 0.3 is 0 Å². The van der Waals surface area contributed by atoms with Crippen LogP contribution in [0.4, 0.5) is 0 Å². The number of fused-ring (bicyclic) bond motifs is 2. The van der Waals surface area contributed by atoms with Gasteiger partial charge in [-0.1, -0.05) is 404 Å². The quantitative estimate of drug-likeness (QED) is 0.0830. The van der Waals surface area contributed by atoms with E-state index in [4.69, 9.17) is 55.6 Å². The number of hydrogen-bond acceptors (Lipinski definition) is 6. The Balaban J connectivity index is 0.000000251. The minimum atomic E-state index is -3.46. The van der Waals surface area contributed by atoms with Crippen molar-refractivity contribution in [2.75, 3.05) is 0 Å². The summed E-state index contributed by atoms with van der Waals surface area (Å²) in [4.78, 5) is 20.3. The number of hydrogen-bond donors (Lipinski definition) is 2. The molecule has 0 saturated heterocycles. The molecule has 0 fully saturated rings. The van der Waals surface area contributed by atoms with E-state index in [0.29, 0.717) is 106 Å². The van der Waals surface area contributed by atoms with E-state index in [1.165, 1.54) is 36.4 Å². The maximum absolute atomic E-state index is 12.9. The number of rotatable bonds is 18. The average Bonchev–Trinajstić information content (AvgIpc) is 1.66. The van der Waals surface area contributed by atoms with Gasteiger partial charge in [-0.15, -0.1) is 47.5 Å². The Morgan fingerprint density at radius 3 is 1.04 bits per heavy atom. The molecule has 4 heterocycles. The van der Waals surface area contributed by atoms with Gasteiger partial charge in [-0.25, -0.2) is 9.97 Å². The van der Waals surface area contributed by atoms with Gasteiger partial charge < -0.3 is 10.2 Å². The number of para-hydroxylation sites is 2. The van der Waals surface area contributed by atoms with Gasteiger partial charge in [-0.05, 0) is 238 Å². The molecule has 0 atom stereocenters. The fourth-order valence-corrected chi connectivity index (χ4v) is 17.8. The van der Waals surface area contributed by atoms with Crippen molar-refractivity contribution < 1.29 is 96.2 Å². The van der Waals surface area contributed by atoms with Crippen LogP contribution in [0.2, 0.25) is 0 Å². The van der Waals surface area contributed by atoms with E-state index < -0.39 is 124 Å². The third kappa shape index (κ3) is 21.7. The summed E-state index contributed by atoms with van der Waals surface area (Å²) in [6.45, 7) is -2.14. The van der Waals surface area contributed by atoms with Crippen LogP contribution < -0.4 is 0 Å². The second-order valence-electron chi connectivity index (χ2n) is 39.8.